The number of pyridine rings is 1. The number of aliphatic hydroxyl groups is 2. The van der Waals surface area contributed by atoms with E-state index in [-0.39, 0.29) is 47.4 Å². The van der Waals surface area contributed by atoms with Crippen molar-refractivity contribution in [3.63, 3.8) is 0 Å². The van der Waals surface area contributed by atoms with Gasteiger partial charge in [0.2, 0.25) is 5.91 Å². The molecule has 1 aliphatic heterocycles. The second-order valence-electron chi connectivity index (χ2n) is 8.70. The maximum Gasteiger partial charge on any atom is 0.418 e. The lowest BCUT2D eigenvalue weighted by Crippen LogP contribution is -2.51. The maximum absolute atomic E-state index is 13.3. The molecular weight excluding hydrogens is 509 g/mol. The van der Waals surface area contributed by atoms with Crippen molar-refractivity contribution in [1.29, 1.82) is 0 Å². The van der Waals surface area contributed by atoms with E-state index in [1.165, 1.54) is 48.4 Å². The molecule has 12 nitrogen and oxygen atoms in total. The van der Waals surface area contributed by atoms with E-state index in [9.17, 15) is 33.0 Å². The number of aromatic nitrogens is 5. The molecule has 3 N–H and O–H groups in total. The number of hydrogen-bond donors (Lipinski definition) is 3. The molecule has 0 saturated carbocycles. The molecule has 0 saturated heterocycles. The number of anilines is 2. The molecule has 1 aliphatic rings. The molecule has 0 aromatic carbocycles. The highest BCUT2D eigenvalue weighted by molar-refractivity contribution is 5.94. The number of amides is 3. The molecule has 38 heavy (non-hydrogen) atoms. The van der Waals surface area contributed by atoms with Gasteiger partial charge >= 0.3 is 12.2 Å². The number of fused-ring (bicyclic) bond motifs is 1. The summed E-state index contributed by atoms with van der Waals surface area (Å²) in [7, 11) is 1.46. The van der Waals surface area contributed by atoms with Crippen LogP contribution < -0.4 is 10.2 Å². The van der Waals surface area contributed by atoms with Crippen molar-refractivity contribution in [2.75, 3.05) is 23.8 Å². The molecule has 0 bridgehead atoms. The highest BCUT2D eigenvalue weighted by Crippen LogP contribution is 2.35. The van der Waals surface area contributed by atoms with E-state index < -0.39 is 36.0 Å². The predicted molar refractivity (Wildman–Crippen MR) is 128 cm³/mol. The van der Waals surface area contributed by atoms with E-state index in [1.54, 1.807) is 6.92 Å². The normalized spacial score (nSPS) is 16.4. The summed E-state index contributed by atoms with van der Waals surface area (Å²) in [5.74, 6) is -0.454. The zero-order chi connectivity index (χ0) is 27.8. The van der Waals surface area contributed by atoms with Gasteiger partial charge in [0.05, 0.1) is 42.6 Å². The third-order valence-corrected chi connectivity index (χ3v) is 6.03. The highest BCUT2D eigenvalue weighted by Gasteiger charge is 2.39. The lowest BCUT2D eigenvalue weighted by molar-refractivity contribution is -0.138. The van der Waals surface area contributed by atoms with E-state index in [4.69, 9.17) is 0 Å². The van der Waals surface area contributed by atoms with Crippen molar-refractivity contribution in [1.82, 2.24) is 29.4 Å². The van der Waals surface area contributed by atoms with Crippen LogP contribution in [0.15, 0.2) is 31.0 Å². The fourth-order valence-corrected chi connectivity index (χ4v) is 3.96. The summed E-state index contributed by atoms with van der Waals surface area (Å²) in [6, 6.07) is 0.356. The Morgan fingerprint density at radius 3 is 2.66 bits per heavy atom. The van der Waals surface area contributed by atoms with E-state index in [0.717, 1.165) is 11.0 Å². The molecule has 15 heteroatoms. The molecule has 2 unspecified atom stereocenters. The molecule has 4 heterocycles. The molecule has 4 rings (SSSR count). The average molecular weight is 534 g/mol. The number of aliphatic hydroxyl groups excluding tert-OH is 2. The Bertz CT molecular complexity index is 1360. The number of alkyl halides is 3. The van der Waals surface area contributed by atoms with E-state index in [2.05, 4.69) is 25.3 Å². The van der Waals surface area contributed by atoms with Crippen LogP contribution in [0.5, 0.6) is 0 Å². The molecule has 0 radical (unpaired) electrons. The van der Waals surface area contributed by atoms with Crippen LogP contribution in [0.3, 0.4) is 0 Å². The number of urea groups is 1. The Hall–Kier alpha value is -4.11. The first kappa shape index (κ1) is 26.9. The summed E-state index contributed by atoms with van der Waals surface area (Å²) in [5.41, 5.74) is -0.768. The molecule has 0 spiro atoms. The number of rotatable bonds is 7. The summed E-state index contributed by atoms with van der Waals surface area (Å²) >= 11 is 0. The Balaban J connectivity index is 1.53. The zero-order valence-electron chi connectivity index (χ0n) is 20.6. The number of carbonyl (C=O) groups is 2. The number of halogens is 3. The Morgan fingerprint density at radius 1 is 1.24 bits per heavy atom. The van der Waals surface area contributed by atoms with Gasteiger partial charge in [0.1, 0.15) is 12.2 Å². The number of nitrogens with one attached hydrogen (secondary N) is 1. The predicted octanol–water partition coefficient (Wildman–Crippen LogP) is 2.33. The minimum Gasteiger partial charge on any atom is -0.391 e. The third-order valence-electron chi connectivity index (χ3n) is 6.03. The Morgan fingerprint density at radius 2 is 1.97 bits per heavy atom. The minimum atomic E-state index is -4.59. The van der Waals surface area contributed by atoms with Crippen LogP contribution in [0, 0.1) is 6.92 Å². The molecule has 3 aromatic rings. The average Bonchev–Trinajstić information content (AvgIpc) is 3.28. The largest absolute Gasteiger partial charge is 0.418 e. The Kier molecular flexibility index (Phi) is 7.33. The zero-order valence-corrected chi connectivity index (χ0v) is 20.6. The van der Waals surface area contributed by atoms with Crippen LogP contribution in [0.25, 0.3) is 11.3 Å². The van der Waals surface area contributed by atoms with Crippen molar-refractivity contribution in [3.8, 4) is 11.3 Å². The van der Waals surface area contributed by atoms with Crippen LogP contribution in [-0.4, -0.2) is 71.3 Å². The number of nitrogens with zero attached hydrogens (tertiary/aromatic N) is 7. The summed E-state index contributed by atoms with van der Waals surface area (Å²) in [6.07, 6.45) is -1.54. The molecule has 2 atom stereocenters. The second kappa shape index (κ2) is 10.3. The number of β-amino-alcohol motifs (C(OH)–C–C–N with tert-alkyl or cyclic N) is 1. The van der Waals surface area contributed by atoms with E-state index >= 15 is 0 Å². The lowest BCUT2D eigenvalue weighted by Gasteiger charge is -2.37. The van der Waals surface area contributed by atoms with Gasteiger partial charge < -0.3 is 20.1 Å². The fraction of sp³-hybridized carbons (Fsp3) is 0.391. The van der Waals surface area contributed by atoms with Crippen LogP contribution in [0.1, 0.15) is 36.5 Å². The van der Waals surface area contributed by atoms with Gasteiger partial charge in [0, 0.05) is 24.5 Å². The number of hydrogen-bond acceptors (Lipinski definition) is 8. The first-order valence-electron chi connectivity index (χ1n) is 11.5. The minimum absolute atomic E-state index is 0.0174. The molecule has 0 fully saturated rings. The van der Waals surface area contributed by atoms with Crippen molar-refractivity contribution >= 4 is 23.6 Å². The van der Waals surface area contributed by atoms with Crippen LogP contribution in [0.4, 0.5) is 29.6 Å². The highest BCUT2D eigenvalue weighted by atomic mass is 19.4. The maximum atomic E-state index is 13.3. The van der Waals surface area contributed by atoms with Gasteiger partial charge in [-0.25, -0.2) is 14.8 Å². The lowest BCUT2D eigenvalue weighted by atomic mass is 10.1. The van der Waals surface area contributed by atoms with Crippen LogP contribution >= 0.6 is 0 Å². The van der Waals surface area contributed by atoms with Gasteiger partial charge in [-0.2, -0.15) is 13.2 Å². The molecular formula is C23H25F3N8O4. The molecule has 202 valence electrons. The Labute approximate surface area is 214 Å². The number of aryl methyl sites for hydroxylation is 1. The SMILES string of the molecule is CCC(O)CN1C(=O)N(C)c2ncn(CC(=O)Nc3cncc(-c4cnc(C)c(C(F)(F)F)c4)n3)c2C1O. The molecule has 3 aromatic heterocycles. The van der Waals surface area contributed by atoms with Crippen molar-refractivity contribution < 1.29 is 33.0 Å². The third kappa shape index (κ3) is 5.28. The van der Waals surface area contributed by atoms with Gasteiger partial charge in [-0.1, -0.05) is 6.92 Å². The van der Waals surface area contributed by atoms with Crippen molar-refractivity contribution in [2.45, 2.75) is 45.3 Å². The topological polar surface area (TPSA) is 150 Å². The van der Waals surface area contributed by atoms with Gasteiger partial charge in [0.25, 0.3) is 0 Å². The first-order valence-corrected chi connectivity index (χ1v) is 11.5. The van der Waals surface area contributed by atoms with Gasteiger partial charge in [0.15, 0.2) is 17.9 Å². The summed E-state index contributed by atoms with van der Waals surface area (Å²) in [5, 5.41) is 23.4. The monoisotopic (exact) mass is 534 g/mol. The molecule has 0 aliphatic carbocycles. The summed E-state index contributed by atoms with van der Waals surface area (Å²) in [6.45, 7) is 2.53. The van der Waals surface area contributed by atoms with Gasteiger partial charge in [-0.15, -0.1) is 0 Å². The molecule has 3 amide bonds. The quantitative estimate of drug-likeness (QED) is 0.418. The van der Waals surface area contributed by atoms with Crippen LogP contribution in [0.2, 0.25) is 0 Å². The van der Waals surface area contributed by atoms with Crippen molar-refractivity contribution in [2.24, 2.45) is 0 Å². The van der Waals surface area contributed by atoms with Gasteiger partial charge in [-0.05, 0) is 19.4 Å². The number of imidazole rings is 1. The van der Waals surface area contributed by atoms with Crippen molar-refractivity contribution in [3.05, 3.63) is 47.9 Å². The van der Waals surface area contributed by atoms with Crippen LogP contribution in [-0.2, 0) is 17.5 Å². The number of carbonyl (C=O) groups excluding carboxylic acids is 2. The fourth-order valence-electron chi connectivity index (χ4n) is 3.96. The van der Waals surface area contributed by atoms with E-state index in [0.29, 0.717) is 6.42 Å². The van der Waals surface area contributed by atoms with E-state index in [1.807, 2.05) is 0 Å². The smallest absolute Gasteiger partial charge is 0.391 e. The van der Waals surface area contributed by atoms with Gasteiger partial charge in [-0.3, -0.25) is 24.6 Å². The first-order chi connectivity index (χ1) is 17.9. The summed E-state index contributed by atoms with van der Waals surface area (Å²) < 4.78 is 41.2. The summed E-state index contributed by atoms with van der Waals surface area (Å²) in [4.78, 5) is 43.8. The second-order valence-corrected chi connectivity index (χ2v) is 8.70. The standard InChI is InChI=1S/C23H25F3N8O4/c1-4-14(35)9-34-21(37)19-20(32(3)22(34)38)29-11-33(19)10-18(36)31-17-8-27-7-16(30-17)13-5-15(23(24,25)26)12(2)28-6-13/h5-8,11,14,21,35,37H,4,9-10H2,1-3H3,(H,30,31,36).